The minimum Gasteiger partial charge on any atom is -0.313 e. The maximum atomic E-state index is 3.74. The summed E-state index contributed by atoms with van der Waals surface area (Å²) in [6, 6.07) is 11.7. The molecule has 1 aromatic carbocycles. The summed E-state index contributed by atoms with van der Waals surface area (Å²) in [7, 11) is 0. The molecule has 3 rings (SSSR count). The molecule has 0 radical (unpaired) electrons. The van der Waals surface area contributed by atoms with Gasteiger partial charge in [-0.25, -0.2) is 0 Å². The van der Waals surface area contributed by atoms with Crippen molar-refractivity contribution in [2.24, 2.45) is 0 Å². The predicted octanol–water partition coefficient (Wildman–Crippen LogP) is 3.42. The lowest BCUT2D eigenvalue weighted by Gasteiger charge is -2.37. The first-order valence-electron chi connectivity index (χ1n) is 6.82. The van der Waals surface area contributed by atoms with E-state index in [1.807, 2.05) is 0 Å². The molecular weight excluding hydrogens is 226 g/mol. The fourth-order valence-electron chi connectivity index (χ4n) is 2.89. The predicted molar refractivity (Wildman–Crippen MR) is 75.7 cm³/mol. The molecular formula is C15H21NS. The second-order valence-electron chi connectivity index (χ2n) is 5.32. The molecule has 1 aliphatic carbocycles. The molecule has 92 valence electrons. The Morgan fingerprint density at radius 2 is 2.00 bits per heavy atom. The lowest BCUT2D eigenvalue weighted by Crippen LogP contribution is -2.42. The fourth-order valence-corrected chi connectivity index (χ4v) is 4.10. The quantitative estimate of drug-likeness (QED) is 0.875. The number of nitrogens with one attached hydrogen (secondary N) is 1. The maximum absolute atomic E-state index is 3.74. The van der Waals surface area contributed by atoms with Crippen LogP contribution >= 0.6 is 11.8 Å². The van der Waals surface area contributed by atoms with Crippen LogP contribution in [0.4, 0.5) is 0 Å². The topological polar surface area (TPSA) is 12.0 Å². The molecule has 0 spiro atoms. The standard InChI is InChI=1S/C15H21NS/c1-2-5-12(6-3-1)13-9-14(10-13)16-11-15-7-4-8-17-15/h1-3,5-6,13-16H,4,7-11H2. The molecule has 1 saturated heterocycles. The molecule has 1 nitrogen and oxygen atoms in total. The van der Waals surface area contributed by atoms with Crippen LogP contribution in [0.25, 0.3) is 0 Å². The summed E-state index contributed by atoms with van der Waals surface area (Å²) in [5, 5.41) is 4.63. The lowest BCUT2D eigenvalue weighted by molar-refractivity contribution is 0.291. The lowest BCUT2D eigenvalue weighted by atomic mass is 9.76. The van der Waals surface area contributed by atoms with Gasteiger partial charge in [0.2, 0.25) is 0 Å². The average molecular weight is 247 g/mol. The van der Waals surface area contributed by atoms with Gasteiger partial charge in [0.15, 0.2) is 0 Å². The molecule has 1 aliphatic heterocycles. The molecule has 17 heavy (non-hydrogen) atoms. The molecule has 1 aromatic rings. The monoisotopic (exact) mass is 247 g/mol. The highest BCUT2D eigenvalue weighted by Crippen LogP contribution is 2.37. The summed E-state index contributed by atoms with van der Waals surface area (Å²) in [5.74, 6) is 2.19. The van der Waals surface area contributed by atoms with Crippen LogP contribution < -0.4 is 5.32 Å². The van der Waals surface area contributed by atoms with Crippen molar-refractivity contribution < 1.29 is 0 Å². The summed E-state index contributed by atoms with van der Waals surface area (Å²) in [6.45, 7) is 1.23. The van der Waals surface area contributed by atoms with Crippen molar-refractivity contribution in [2.45, 2.75) is 42.9 Å². The summed E-state index contributed by atoms with van der Waals surface area (Å²) in [5.41, 5.74) is 1.53. The minimum atomic E-state index is 0.779. The Morgan fingerprint density at radius 3 is 2.71 bits per heavy atom. The van der Waals surface area contributed by atoms with Crippen LogP contribution in [0.15, 0.2) is 30.3 Å². The summed E-state index contributed by atoms with van der Waals surface area (Å²) in [6.07, 6.45) is 5.52. The minimum absolute atomic E-state index is 0.779. The van der Waals surface area contributed by atoms with Crippen LogP contribution in [0.5, 0.6) is 0 Å². The number of thioether (sulfide) groups is 1. The average Bonchev–Trinajstić information content (AvgIpc) is 2.81. The zero-order valence-electron chi connectivity index (χ0n) is 10.3. The van der Waals surface area contributed by atoms with Gasteiger partial charge >= 0.3 is 0 Å². The molecule has 1 unspecified atom stereocenters. The molecule has 0 amide bonds. The largest absolute Gasteiger partial charge is 0.313 e. The molecule has 0 aromatic heterocycles. The van der Waals surface area contributed by atoms with E-state index in [4.69, 9.17) is 0 Å². The van der Waals surface area contributed by atoms with Gasteiger partial charge in [0.1, 0.15) is 0 Å². The van der Waals surface area contributed by atoms with Crippen molar-refractivity contribution in [1.82, 2.24) is 5.32 Å². The van der Waals surface area contributed by atoms with Gasteiger partial charge in [-0.1, -0.05) is 30.3 Å². The first-order chi connectivity index (χ1) is 8.42. The van der Waals surface area contributed by atoms with Crippen molar-refractivity contribution >= 4 is 11.8 Å². The number of hydrogen-bond donors (Lipinski definition) is 1. The summed E-state index contributed by atoms with van der Waals surface area (Å²) >= 11 is 2.15. The zero-order valence-corrected chi connectivity index (χ0v) is 11.1. The van der Waals surface area contributed by atoms with Gasteiger partial charge in [-0.15, -0.1) is 0 Å². The van der Waals surface area contributed by atoms with Gasteiger partial charge < -0.3 is 5.32 Å². The van der Waals surface area contributed by atoms with E-state index in [1.165, 1.54) is 43.5 Å². The van der Waals surface area contributed by atoms with Crippen molar-refractivity contribution in [3.05, 3.63) is 35.9 Å². The highest BCUT2D eigenvalue weighted by atomic mass is 32.2. The highest BCUT2D eigenvalue weighted by Gasteiger charge is 2.30. The van der Waals surface area contributed by atoms with Crippen LogP contribution in [0, 0.1) is 0 Å². The first kappa shape index (κ1) is 11.6. The van der Waals surface area contributed by atoms with Crippen molar-refractivity contribution in [3.8, 4) is 0 Å². The molecule has 1 atom stereocenters. The Balaban J connectivity index is 1.39. The van der Waals surface area contributed by atoms with Gasteiger partial charge in [0.05, 0.1) is 0 Å². The van der Waals surface area contributed by atoms with Crippen molar-refractivity contribution in [3.63, 3.8) is 0 Å². The van der Waals surface area contributed by atoms with Crippen LogP contribution in [0.3, 0.4) is 0 Å². The third kappa shape index (κ3) is 2.86. The van der Waals surface area contributed by atoms with E-state index in [-0.39, 0.29) is 0 Å². The van der Waals surface area contributed by atoms with Gasteiger partial charge in [0.25, 0.3) is 0 Å². The van der Waals surface area contributed by atoms with Gasteiger partial charge in [-0.05, 0) is 42.9 Å². The van der Waals surface area contributed by atoms with E-state index < -0.39 is 0 Å². The third-order valence-corrected chi connectivity index (χ3v) is 5.47. The highest BCUT2D eigenvalue weighted by molar-refractivity contribution is 8.00. The molecule has 0 bridgehead atoms. The third-order valence-electron chi connectivity index (χ3n) is 4.07. The van der Waals surface area contributed by atoms with Crippen LogP contribution in [0.2, 0.25) is 0 Å². The SMILES string of the molecule is c1ccc(C2CC(NCC3CCCS3)C2)cc1. The van der Waals surface area contributed by atoms with Crippen LogP contribution in [0.1, 0.15) is 37.2 Å². The maximum Gasteiger partial charge on any atom is 0.0172 e. The second-order valence-corrected chi connectivity index (χ2v) is 6.73. The molecule has 2 heteroatoms. The Hall–Kier alpha value is -0.470. The second kappa shape index (κ2) is 5.45. The summed E-state index contributed by atoms with van der Waals surface area (Å²) in [4.78, 5) is 0. The molecule has 1 heterocycles. The number of rotatable bonds is 4. The van der Waals surface area contributed by atoms with Crippen LogP contribution in [-0.4, -0.2) is 23.6 Å². The van der Waals surface area contributed by atoms with E-state index in [9.17, 15) is 0 Å². The summed E-state index contributed by atoms with van der Waals surface area (Å²) < 4.78 is 0. The van der Waals surface area contributed by atoms with Gasteiger partial charge in [-0.3, -0.25) is 0 Å². The first-order valence-corrected chi connectivity index (χ1v) is 7.86. The van der Waals surface area contributed by atoms with Crippen LogP contribution in [-0.2, 0) is 0 Å². The van der Waals surface area contributed by atoms with E-state index >= 15 is 0 Å². The van der Waals surface area contributed by atoms with Gasteiger partial charge in [0, 0.05) is 17.8 Å². The fraction of sp³-hybridized carbons (Fsp3) is 0.600. The normalized spacial score (nSPS) is 32.4. The van der Waals surface area contributed by atoms with E-state index in [1.54, 1.807) is 0 Å². The van der Waals surface area contributed by atoms with Crippen molar-refractivity contribution in [1.29, 1.82) is 0 Å². The van der Waals surface area contributed by atoms with E-state index in [0.717, 1.165) is 17.2 Å². The van der Waals surface area contributed by atoms with E-state index in [0.29, 0.717) is 0 Å². The zero-order chi connectivity index (χ0) is 11.5. The Bertz CT molecular complexity index is 339. The van der Waals surface area contributed by atoms with Crippen molar-refractivity contribution in [2.75, 3.05) is 12.3 Å². The molecule has 1 N–H and O–H groups in total. The molecule has 2 fully saturated rings. The molecule has 1 saturated carbocycles. The molecule has 2 aliphatic rings. The smallest absolute Gasteiger partial charge is 0.0172 e. The van der Waals surface area contributed by atoms with E-state index in [2.05, 4.69) is 47.4 Å². The Kier molecular flexibility index (Phi) is 3.72. The van der Waals surface area contributed by atoms with Gasteiger partial charge in [-0.2, -0.15) is 11.8 Å². The number of hydrogen-bond acceptors (Lipinski definition) is 2. The Morgan fingerprint density at radius 1 is 1.18 bits per heavy atom. The number of benzene rings is 1. The Labute approximate surface area is 108 Å².